The Balaban J connectivity index is 1.19. The molecule has 1 amide bonds. The molecule has 1 N–H and O–H groups in total. The molecule has 0 saturated carbocycles. The smallest absolute Gasteiger partial charge is 0.339 e. The number of carbonyl (C=O) groups is 2. The van der Waals surface area contributed by atoms with Gasteiger partial charge in [-0.1, -0.05) is 23.9 Å². The molecule has 0 aliphatic carbocycles. The first-order valence-corrected chi connectivity index (χ1v) is 15.5. The number of piperazine rings is 1. The van der Waals surface area contributed by atoms with E-state index in [-0.39, 0.29) is 22.8 Å². The maximum atomic E-state index is 13.4. The molecule has 1 aliphatic heterocycles. The van der Waals surface area contributed by atoms with Crippen LogP contribution in [-0.2, 0) is 16.1 Å². The Morgan fingerprint density at radius 3 is 2.50 bits per heavy atom. The van der Waals surface area contributed by atoms with Gasteiger partial charge in [0.1, 0.15) is 10.4 Å². The fraction of sp³-hybridized carbons (Fsp3) is 0.333. The second-order valence-corrected chi connectivity index (χ2v) is 11.6. The molecule has 2 aromatic carbocycles. The largest absolute Gasteiger partial charge is 0.497 e. The number of thiophene rings is 1. The Labute approximate surface area is 252 Å². The molecule has 4 aromatic rings. The van der Waals surface area contributed by atoms with Crippen molar-refractivity contribution in [3.8, 4) is 5.75 Å². The zero-order valence-electron chi connectivity index (χ0n) is 23.6. The Morgan fingerprint density at radius 1 is 1.00 bits per heavy atom. The van der Waals surface area contributed by atoms with Gasteiger partial charge in [-0.25, -0.2) is 9.78 Å². The second kappa shape index (κ2) is 13.9. The highest BCUT2D eigenvalue weighted by molar-refractivity contribution is 7.99. The highest BCUT2D eigenvalue weighted by Crippen LogP contribution is 2.23. The number of methoxy groups -OCH3 is 2. The molecule has 12 heteroatoms. The summed E-state index contributed by atoms with van der Waals surface area (Å²) in [6.45, 7) is 5.12. The number of rotatable bonds is 11. The monoisotopic (exact) mass is 607 g/mol. The van der Waals surface area contributed by atoms with Crippen molar-refractivity contribution < 1.29 is 19.1 Å². The summed E-state index contributed by atoms with van der Waals surface area (Å²) in [7, 11) is 2.97. The van der Waals surface area contributed by atoms with Gasteiger partial charge in [-0.15, -0.1) is 11.3 Å². The number of esters is 1. The minimum atomic E-state index is -0.529. The number of ether oxygens (including phenoxy) is 2. The number of nitrogens with zero attached hydrogens (tertiary/aromatic N) is 4. The lowest BCUT2D eigenvalue weighted by Gasteiger charge is -2.36. The van der Waals surface area contributed by atoms with Crippen molar-refractivity contribution >= 4 is 56.6 Å². The normalized spacial score (nSPS) is 13.7. The van der Waals surface area contributed by atoms with Crippen molar-refractivity contribution in [2.45, 2.75) is 18.1 Å². The summed E-state index contributed by atoms with van der Waals surface area (Å²) in [5.74, 6) is 0.0478. The average Bonchev–Trinajstić information content (AvgIpc) is 3.50. The highest BCUT2D eigenvalue weighted by Gasteiger charge is 2.19. The number of hydrogen-bond acceptors (Lipinski definition) is 10. The number of benzene rings is 2. The van der Waals surface area contributed by atoms with E-state index >= 15 is 0 Å². The summed E-state index contributed by atoms with van der Waals surface area (Å²) in [4.78, 5) is 47.7. The first kappa shape index (κ1) is 29.6. The minimum Gasteiger partial charge on any atom is -0.497 e. The van der Waals surface area contributed by atoms with Crippen molar-refractivity contribution in [3.63, 3.8) is 0 Å². The van der Waals surface area contributed by atoms with Crippen LogP contribution in [0.2, 0.25) is 0 Å². The maximum absolute atomic E-state index is 13.4. The van der Waals surface area contributed by atoms with Crippen molar-refractivity contribution in [2.24, 2.45) is 0 Å². The fourth-order valence-electron chi connectivity index (χ4n) is 4.90. The molecule has 1 fully saturated rings. The summed E-state index contributed by atoms with van der Waals surface area (Å²) < 4.78 is 12.4. The number of nitrogens with one attached hydrogen (secondary N) is 1. The van der Waals surface area contributed by atoms with Gasteiger partial charge in [0, 0.05) is 38.4 Å². The predicted octanol–water partition coefficient (Wildman–Crippen LogP) is 4.20. The Morgan fingerprint density at radius 2 is 1.76 bits per heavy atom. The fourth-order valence-corrected chi connectivity index (χ4v) is 6.51. The van der Waals surface area contributed by atoms with Crippen molar-refractivity contribution in [3.05, 3.63) is 75.9 Å². The summed E-state index contributed by atoms with van der Waals surface area (Å²) in [6.07, 6.45) is 0.785. The number of hydrogen-bond donors (Lipinski definition) is 1. The van der Waals surface area contributed by atoms with Crippen LogP contribution in [0, 0.1) is 0 Å². The van der Waals surface area contributed by atoms with E-state index in [0.29, 0.717) is 27.6 Å². The van der Waals surface area contributed by atoms with E-state index in [2.05, 4.69) is 27.2 Å². The zero-order valence-corrected chi connectivity index (χ0v) is 25.2. The topological polar surface area (TPSA) is 106 Å². The van der Waals surface area contributed by atoms with Crippen molar-refractivity contribution in [2.75, 3.05) is 62.9 Å². The van der Waals surface area contributed by atoms with Crippen LogP contribution in [0.1, 0.15) is 16.8 Å². The van der Waals surface area contributed by atoms with Crippen LogP contribution < -0.4 is 20.5 Å². The third-order valence-corrected chi connectivity index (χ3v) is 9.00. The van der Waals surface area contributed by atoms with E-state index in [1.165, 1.54) is 35.9 Å². The molecule has 10 nitrogen and oxygen atoms in total. The summed E-state index contributed by atoms with van der Waals surface area (Å²) in [6, 6.07) is 16.7. The van der Waals surface area contributed by atoms with Gasteiger partial charge in [0.2, 0.25) is 5.91 Å². The molecular weight excluding hydrogens is 574 g/mol. The highest BCUT2D eigenvalue weighted by atomic mass is 32.2. The van der Waals surface area contributed by atoms with E-state index in [9.17, 15) is 14.4 Å². The molecule has 0 atom stereocenters. The Bertz CT molecular complexity index is 1600. The average molecular weight is 608 g/mol. The van der Waals surface area contributed by atoms with Crippen LogP contribution in [0.25, 0.3) is 10.2 Å². The maximum Gasteiger partial charge on any atom is 0.339 e. The molecule has 1 aliphatic rings. The second-order valence-electron chi connectivity index (χ2n) is 9.74. The lowest BCUT2D eigenvalue weighted by molar-refractivity contribution is -0.113. The SMILES string of the molecule is COC(=O)c1ccccc1NC(=O)CSc1nc2ccsc2c(=O)n1CCCN1CCN(c2ccc(OC)cc2)CC1. The molecule has 220 valence electrons. The van der Waals surface area contributed by atoms with Gasteiger partial charge in [0.05, 0.1) is 36.7 Å². The number of thioether (sulfide) groups is 1. The van der Waals surface area contributed by atoms with Crippen LogP contribution in [0.3, 0.4) is 0 Å². The quantitative estimate of drug-likeness (QED) is 0.153. The van der Waals surface area contributed by atoms with Gasteiger partial charge in [-0.2, -0.15) is 0 Å². The molecular formula is C30H33N5O5S2. The van der Waals surface area contributed by atoms with E-state index in [1.807, 2.05) is 23.6 Å². The summed E-state index contributed by atoms with van der Waals surface area (Å²) in [5.41, 5.74) is 2.39. The molecule has 0 radical (unpaired) electrons. The number of amides is 1. The standard InChI is InChI=1S/C30H33N5O5S2/c1-39-22-10-8-21(9-11-22)34-17-15-33(16-18-34)13-5-14-35-28(37)27-25(12-19-41-27)32-30(35)42-20-26(36)31-24-7-4-3-6-23(24)29(38)40-2/h3-4,6-12,19H,5,13-18,20H2,1-2H3,(H,31,36). The lowest BCUT2D eigenvalue weighted by Crippen LogP contribution is -2.46. The molecule has 0 spiro atoms. The number of anilines is 2. The molecule has 2 aromatic heterocycles. The Kier molecular flexibility index (Phi) is 9.78. The number of aromatic nitrogens is 2. The molecule has 3 heterocycles. The van der Waals surface area contributed by atoms with Gasteiger partial charge in [0.25, 0.3) is 5.56 Å². The first-order chi connectivity index (χ1) is 20.5. The van der Waals surface area contributed by atoms with E-state index in [1.54, 1.807) is 35.9 Å². The van der Waals surface area contributed by atoms with Gasteiger partial charge < -0.3 is 19.7 Å². The van der Waals surface area contributed by atoms with Gasteiger partial charge in [-0.3, -0.25) is 19.1 Å². The molecule has 5 rings (SSSR count). The van der Waals surface area contributed by atoms with Crippen LogP contribution in [0.15, 0.2) is 69.9 Å². The number of carbonyl (C=O) groups excluding carboxylic acids is 2. The zero-order chi connectivity index (χ0) is 29.5. The molecule has 1 saturated heterocycles. The molecule has 42 heavy (non-hydrogen) atoms. The van der Waals surface area contributed by atoms with Crippen molar-refractivity contribution in [1.82, 2.24) is 14.5 Å². The number of para-hydroxylation sites is 1. The third kappa shape index (κ3) is 6.94. The van der Waals surface area contributed by atoms with Crippen LogP contribution in [0.4, 0.5) is 11.4 Å². The molecule has 0 unspecified atom stereocenters. The molecule has 0 bridgehead atoms. The van der Waals surface area contributed by atoms with Crippen molar-refractivity contribution in [1.29, 1.82) is 0 Å². The van der Waals surface area contributed by atoms with E-state index in [4.69, 9.17) is 14.5 Å². The van der Waals surface area contributed by atoms with Gasteiger partial charge in [-0.05, 0) is 60.8 Å². The summed E-state index contributed by atoms with van der Waals surface area (Å²) in [5, 5.41) is 5.14. The predicted molar refractivity (Wildman–Crippen MR) is 167 cm³/mol. The Hall–Kier alpha value is -3.87. The third-order valence-electron chi connectivity index (χ3n) is 7.14. The number of fused-ring (bicyclic) bond motifs is 1. The van der Waals surface area contributed by atoms with Crippen LogP contribution in [-0.4, -0.2) is 79.0 Å². The van der Waals surface area contributed by atoms with E-state index < -0.39 is 5.97 Å². The van der Waals surface area contributed by atoms with Gasteiger partial charge >= 0.3 is 5.97 Å². The first-order valence-electron chi connectivity index (χ1n) is 13.7. The van der Waals surface area contributed by atoms with Crippen LogP contribution in [0.5, 0.6) is 5.75 Å². The van der Waals surface area contributed by atoms with Gasteiger partial charge in [0.15, 0.2) is 5.16 Å². The summed E-state index contributed by atoms with van der Waals surface area (Å²) >= 11 is 2.59. The minimum absolute atomic E-state index is 0.0326. The lowest BCUT2D eigenvalue weighted by atomic mass is 10.2. The van der Waals surface area contributed by atoms with Crippen LogP contribution >= 0.6 is 23.1 Å². The van der Waals surface area contributed by atoms with E-state index in [0.717, 1.165) is 44.9 Å².